The van der Waals surface area contributed by atoms with E-state index in [2.05, 4.69) is 26.2 Å². The van der Waals surface area contributed by atoms with E-state index in [-0.39, 0.29) is 11.7 Å². The molecule has 24 heavy (non-hydrogen) atoms. The van der Waals surface area contributed by atoms with Crippen LogP contribution in [0, 0.1) is 0 Å². The molecule has 0 saturated heterocycles. The standard InChI is InChI=1S/C17H14BrN3O2S/c1-10(22)15-14(11-6-4-3-5-7-11)19-17(24-15)20-16(23)13-8-12(18)9-21(13)2/h3-9H,1-2H3,(H,19,20,23). The maximum absolute atomic E-state index is 12.4. The van der Waals surface area contributed by atoms with Gasteiger partial charge in [0.05, 0.1) is 10.6 Å². The molecule has 0 bridgehead atoms. The number of hydrogen-bond acceptors (Lipinski definition) is 4. The Labute approximate surface area is 151 Å². The van der Waals surface area contributed by atoms with Crippen molar-refractivity contribution in [2.45, 2.75) is 6.92 Å². The highest BCUT2D eigenvalue weighted by Crippen LogP contribution is 2.31. The van der Waals surface area contributed by atoms with E-state index in [4.69, 9.17) is 0 Å². The molecule has 1 N–H and O–H groups in total. The molecule has 3 rings (SSSR count). The Kier molecular flexibility index (Phi) is 4.64. The number of carbonyl (C=O) groups excluding carboxylic acids is 2. The zero-order chi connectivity index (χ0) is 17.3. The second-order valence-corrected chi connectivity index (χ2v) is 7.14. The number of aromatic nitrogens is 2. The first kappa shape index (κ1) is 16.6. The van der Waals surface area contributed by atoms with Crippen LogP contribution in [-0.4, -0.2) is 21.2 Å². The fraction of sp³-hybridized carbons (Fsp3) is 0.118. The molecule has 0 saturated carbocycles. The lowest BCUT2D eigenvalue weighted by Gasteiger charge is -2.02. The predicted octanol–water partition coefficient (Wildman–Crippen LogP) is 4.37. The lowest BCUT2D eigenvalue weighted by Crippen LogP contribution is -2.15. The van der Waals surface area contributed by atoms with Crippen LogP contribution in [-0.2, 0) is 7.05 Å². The lowest BCUT2D eigenvalue weighted by atomic mass is 10.1. The fourth-order valence-electron chi connectivity index (χ4n) is 2.31. The fourth-order valence-corrected chi connectivity index (χ4v) is 3.72. The molecule has 1 amide bonds. The van der Waals surface area contributed by atoms with E-state index in [1.54, 1.807) is 23.9 Å². The molecule has 0 radical (unpaired) electrons. The third-order valence-corrected chi connectivity index (χ3v) is 4.92. The minimum absolute atomic E-state index is 0.0755. The van der Waals surface area contributed by atoms with Gasteiger partial charge in [0.2, 0.25) is 0 Å². The van der Waals surface area contributed by atoms with Crippen LogP contribution >= 0.6 is 27.3 Å². The maximum Gasteiger partial charge on any atom is 0.274 e. The van der Waals surface area contributed by atoms with Crippen molar-refractivity contribution < 1.29 is 9.59 Å². The van der Waals surface area contributed by atoms with Crippen LogP contribution < -0.4 is 5.32 Å². The molecule has 0 aliphatic rings. The SMILES string of the molecule is CC(=O)c1sc(NC(=O)c2cc(Br)cn2C)nc1-c1ccccc1. The monoisotopic (exact) mass is 403 g/mol. The first-order valence-electron chi connectivity index (χ1n) is 7.16. The molecule has 2 aromatic heterocycles. The number of aryl methyl sites for hydroxylation is 1. The van der Waals surface area contributed by atoms with Gasteiger partial charge in [-0.2, -0.15) is 0 Å². The van der Waals surface area contributed by atoms with E-state index in [9.17, 15) is 9.59 Å². The molecule has 1 aromatic carbocycles. The molecule has 0 atom stereocenters. The van der Waals surface area contributed by atoms with E-state index in [1.807, 2.05) is 30.3 Å². The Bertz CT molecular complexity index is 915. The Hall–Kier alpha value is -2.25. The van der Waals surface area contributed by atoms with Gasteiger partial charge in [0.25, 0.3) is 5.91 Å². The molecular weight excluding hydrogens is 390 g/mol. The molecule has 5 nitrogen and oxygen atoms in total. The van der Waals surface area contributed by atoms with Crippen molar-refractivity contribution >= 4 is 44.1 Å². The zero-order valence-corrected chi connectivity index (χ0v) is 15.4. The summed E-state index contributed by atoms with van der Waals surface area (Å²) in [6.07, 6.45) is 1.80. The summed E-state index contributed by atoms with van der Waals surface area (Å²) in [5, 5.41) is 3.18. The number of halogens is 1. The number of anilines is 1. The van der Waals surface area contributed by atoms with Gasteiger partial charge in [-0.1, -0.05) is 41.7 Å². The van der Waals surface area contributed by atoms with Crippen LogP contribution in [0.2, 0.25) is 0 Å². The number of amides is 1. The second-order valence-electron chi connectivity index (χ2n) is 5.23. The van der Waals surface area contributed by atoms with E-state index in [0.717, 1.165) is 10.0 Å². The average molecular weight is 404 g/mol. The van der Waals surface area contributed by atoms with Gasteiger partial charge in [-0.25, -0.2) is 4.98 Å². The van der Waals surface area contributed by atoms with E-state index in [1.165, 1.54) is 18.3 Å². The van der Waals surface area contributed by atoms with Crippen LogP contribution in [0.5, 0.6) is 0 Å². The number of nitrogens with zero attached hydrogens (tertiary/aromatic N) is 2. The summed E-state index contributed by atoms with van der Waals surface area (Å²) in [7, 11) is 1.79. The maximum atomic E-state index is 12.4. The van der Waals surface area contributed by atoms with Crippen LogP contribution in [0.1, 0.15) is 27.1 Å². The van der Waals surface area contributed by atoms with Gasteiger partial charge in [0.15, 0.2) is 10.9 Å². The Morgan fingerprint density at radius 2 is 1.96 bits per heavy atom. The Morgan fingerprint density at radius 1 is 1.25 bits per heavy atom. The summed E-state index contributed by atoms with van der Waals surface area (Å²) in [5.74, 6) is -0.347. The highest BCUT2D eigenvalue weighted by Gasteiger charge is 2.19. The van der Waals surface area contributed by atoms with Crippen LogP contribution in [0.15, 0.2) is 47.1 Å². The number of thiazole rings is 1. The predicted molar refractivity (Wildman–Crippen MR) is 98.6 cm³/mol. The largest absolute Gasteiger partial charge is 0.345 e. The first-order chi connectivity index (χ1) is 11.5. The summed E-state index contributed by atoms with van der Waals surface area (Å²) in [6, 6.07) is 11.2. The molecule has 0 aliphatic carbocycles. The van der Waals surface area contributed by atoms with Crippen LogP contribution in [0.25, 0.3) is 11.3 Å². The molecule has 0 unspecified atom stereocenters. The van der Waals surface area contributed by atoms with Gasteiger partial charge >= 0.3 is 0 Å². The van der Waals surface area contributed by atoms with Gasteiger partial charge in [0.1, 0.15) is 5.69 Å². The second kappa shape index (κ2) is 6.70. The van der Waals surface area contributed by atoms with E-state index < -0.39 is 0 Å². The lowest BCUT2D eigenvalue weighted by molar-refractivity contribution is 0.101. The molecule has 122 valence electrons. The quantitative estimate of drug-likeness (QED) is 0.657. The minimum Gasteiger partial charge on any atom is -0.345 e. The van der Waals surface area contributed by atoms with Gasteiger partial charge in [-0.15, -0.1) is 0 Å². The van der Waals surface area contributed by atoms with Crippen molar-refractivity contribution in [3.63, 3.8) is 0 Å². The summed E-state index contributed by atoms with van der Waals surface area (Å²) < 4.78 is 2.54. The number of ketones is 1. The number of benzene rings is 1. The molecular formula is C17H14BrN3O2S. The third-order valence-electron chi connectivity index (χ3n) is 3.42. The highest BCUT2D eigenvalue weighted by atomic mass is 79.9. The van der Waals surface area contributed by atoms with E-state index >= 15 is 0 Å². The number of hydrogen-bond donors (Lipinski definition) is 1. The smallest absolute Gasteiger partial charge is 0.274 e. The van der Waals surface area contributed by atoms with Crippen molar-refractivity contribution in [1.29, 1.82) is 0 Å². The first-order valence-corrected chi connectivity index (χ1v) is 8.77. The normalized spacial score (nSPS) is 10.6. The summed E-state index contributed by atoms with van der Waals surface area (Å²) in [4.78, 5) is 29.3. The number of Topliss-reactive ketones (excluding diaryl/α,β-unsaturated/α-hetero) is 1. The summed E-state index contributed by atoms with van der Waals surface area (Å²) in [5.41, 5.74) is 1.94. The molecule has 3 aromatic rings. The minimum atomic E-state index is -0.272. The Morgan fingerprint density at radius 3 is 2.54 bits per heavy atom. The van der Waals surface area contributed by atoms with Gasteiger partial charge in [-0.05, 0) is 22.0 Å². The summed E-state index contributed by atoms with van der Waals surface area (Å²) in [6.45, 7) is 1.50. The molecule has 0 aliphatic heterocycles. The van der Waals surface area contributed by atoms with Crippen molar-refractivity contribution in [2.24, 2.45) is 7.05 Å². The van der Waals surface area contributed by atoms with Gasteiger partial charge < -0.3 is 4.57 Å². The molecule has 7 heteroatoms. The number of rotatable bonds is 4. The zero-order valence-electron chi connectivity index (χ0n) is 13.0. The molecule has 0 spiro atoms. The van der Waals surface area contributed by atoms with Crippen molar-refractivity contribution in [1.82, 2.24) is 9.55 Å². The van der Waals surface area contributed by atoms with Crippen molar-refractivity contribution in [3.8, 4) is 11.3 Å². The Balaban J connectivity index is 1.94. The van der Waals surface area contributed by atoms with Crippen molar-refractivity contribution in [3.05, 3.63) is 57.6 Å². The topological polar surface area (TPSA) is 64.0 Å². The third kappa shape index (κ3) is 3.32. The average Bonchev–Trinajstić information content (AvgIpc) is 3.11. The van der Waals surface area contributed by atoms with Crippen LogP contribution in [0.4, 0.5) is 5.13 Å². The van der Waals surface area contributed by atoms with Gasteiger partial charge in [0, 0.05) is 30.2 Å². The van der Waals surface area contributed by atoms with Crippen LogP contribution in [0.3, 0.4) is 0 Å². The molecule has 0 fully saturated rings. The summed E-state index contributed by atoms with van der Waals surface area (Å²) >= 11 is 4.53. The van der Waals surface area contributed by atoms with E-state index in [0.29, 0.717) is 21.4 Å². The highest BCUT2D eigenvalue weighted by molar-refractivity contribution is 9.10. The van der Waals surface area contributed by atoms with Crippen molar-refractivity contribution in [2.75, 3.05) is 5.32 Å². The number of carbonyl (C=O) groups is 2. The number of nitrogens with one attached hydrogen (secondary N) is 1. The van der Waals surface area contributed by atoms with Gasteiger partial charge in [-0.3, -0.25) is 14.9 Å². The molecule has 2 heterocycles.